The summed E-state index contributed by atoms with van der Waals surface area (Å²) in [5.41, 5.74) is 6.69. The summed E-state index contributed by atoms with van der Waals surface area (Å²) in [7, 11) is 0. The third kappa shape index (κ3) is 3.56. The maximum Gasteiger partial charge on any atom is 0.228 e. The number of benzene rings is 1. The molecule has 1 aromatic carbocycles. The van der Waals surface area contributed by atoms with E-state index in [-0.39, 0.29) is 11.8 Å². The molecule has 1 aliphatic carbocycles. The zero-order valence-electron chi connectivity index (χ0n) is 10.1. The molecule has 0 saturated heterocycles. The average Bonchev–Trinajstić information content (AvgIpc) is 3.15. The summed E-state index contributed by atoms with van der Waals surface area (Å²) in [4.78, 5) is 12.0. The fourth-order valence-corrected chi connectivity index (χ4v) is 2.01. The summed E-state index contributed by atoms with van der Waals surface area (Å²) in [6.07, 6.45) is 3.77. The smallest absolute Gasteiger partial charge is 0.228 e. The molecule has 3 heteroatoms. The monoisotopic (exact) mass is 232 g/mol. The Labute approximate surface area is 102 Å². The topological polar surface area (TPSA) is 55.1 Å². The molecule has 3 N–H and O–H groups in total. The highest BCUT2D eigenvalue weighted by atomic mass is 16.1. The molecule has 1 saturated carbocycles. The quantitative estimate of drug-likeness (QED) is 0.783. The molecule has 0 spiro atoms. The van der Waals surface area contributed by atoms with E-state index in [2.05, 4.69) is 5.32 Å². The van der Waals surface area contributed by atoms with Gasteiger partial charge < -0.3 is 11.1 Å². The maximum absolute atomic E-state index is 12.0. The van der Waals surface area contributed by atoms with Crippen LogP contribution in [0.15, 0.2) is 30.3 Å². The van der Waals surface area contributed by atoms with Gasteiger partial charge in [0.05, 0.1) is 5.92 Å². The largest absolute Gasteiger partial charge is 0.356 e. The number of nitrogens with one attached hydrogen (secondary N) is 1. The summed E-state index contributed by atoms with van der Waals surface area (Å²) in [6.45, 7) is 1.14. The summed E-state index contributed by atoms with van der Waals surface area (Å²) in [5.74, 6) is 0.693. The van der Waals surface area contributed by atoms with Crippen molar-refractivity contribution in [1.82, 2.24) is 5.32 Å². The standard InChI is InChI=1S/C14H20N2O/c15-10-13(12-4-2-1-3-5-12)14(17)16-9-8-11-6-7-11/h1-5,11,13H,6-10,15H2,(H,16,17). The summed E-state index contributed by atoms with van der Waals surface area (Å²) in [6, 6.07) is 9.74. The van der Waals surface area contributed by atoms with Crippen molar-refractivity contribution in [1.29, 1.82) is 0 Å². The van der Waals surface area contributed by atoms with Gasteiger partial charge in [0.1, 0.15) is 0 Å². The SMILES string of the molecule is NCC(C(=O)NCCC1CC1)c1ccccc1. The van der Waals surface area contributed by atoms with E-state index in [1.165, 1.54) is 12.8 Å². The zero-order valence-corrected chi connectivity index (χ0v) is 10.1. The van der Waals surface area contributed by atoms with E-state index < -0.39 is 0 Å². The highest BCUT2D eigenvalue weighted by Crippen LogP contribution is 2.31. The lowest BCUT2D eigenvalue weighted by Gasteiger charge is -2.15. The Morgan fingerprint density at radius 3 is 2.65 bits per heavy atom. The summed E-state index contributed by atoms with van der Waals surface area (Å²) >= 11 is 0. The summed E-state index contributed by atoms with van der Waals surface area (Å²) in [5, 5.41) is 2.98. The molecule has 1 amide bonds. The van der Waals surface area contributed by atoms with Gasteiger partial charge in [-0.05, 0) is 17.9 Å². The molecule has 17 heavy (non-hydrogen) atoms. The lowest BCUT2D eigenvalue weighted by molar-refractivity contribution is -0.122. The van der Waals surface area contributed by atoms with E-state index in [4.69, 9.17) is 5.73 Å². The van der Waals surface area contributed by atoms with Crippen LogP contribution in [-0.4, -0.2) is 19.0 Å². The number of nitrogens with two attached hydrogens (primary N) is 1. The van der Waals surface area contributed by atoms with Gasteiger partial charge in [-0.2, -0.15) is 0 Å². The second-order valence-electron chi connectivity index (χ2n) is 4.72. The van der Waals surface area contributed by atoms with Crippen LogP contribution in [0.3, 0.4) is 0 Å². The van der Waals surface area contributed by atoms with Crippen LogP contribution in [0.4, 0.5) is 0 Å². The Balaban J connectivity index is 1.85. The van der Waals surface area contributed by atoms with E-state index >= 15 is 0 Å². The number of amides is 1. The number of hydrogen-bond donors (Lipinski definition) is 2. The molecule has 0 aliphatic heterocycles. The van der Waals surface area contributed by atoms with Crippen LogP contribution < -0.4 is 11.1 Å². The molecule has 1 aliphatic rings. The minimum absolute atomic E-state index is 0.0550. The fourth-order valence-electron chi connectivity index (χ4n) is 2.01. The molecular formula is C14H20N2O. The second kappa shape index (κ2) is 5.82. The van der Waals surface area contributed by atoms with Crippen molar-refractivity contribution in [2.75, 3.05) is 13.1 Å². The molecule has 0 heterocycles. The van der Waals surface area contributed by atoms with Gasteiger partial charge in [0.2, 0.25) is 5.91 Å². The van der Waals surface area contributed by atoms with Crippen molar-refractivity contribution in [3.63, 3.8) is 0 Å². The first-order valence-corrected chi connectivity index (χ1v) is 6.34. The molecule has 92 valence electrons. The molecular weight excluding hydrogens is 212 g/mol. The Morgan fingerprint density at radius 2 is 2.06 bits per heavy atom. The number of carbonyl (C=O) groups is 1. The first-order chi connectivity index (χ1) is 8.31. The van der Waals surface area contributed by atoms with E-state index in [1.54, 1.807) is 0 Å². The van der Waals surface area contributed by atoms with Crippen LogP contribution in [0.1, 0.15) is 30.7 Å². The van der Waals surface area contributed by atoms with Crippen LogP contribution in [0.25, 0.3) is 0 Å². The number of hydrogen-bond acceptors (Lipinski definition) is 2. The van der Waals surface area contributed by atoms with Gasteiger partial charge in [-0.1, -0.05) is 43.2 Å². The van der Waals surface area contributed by atoms with Crippen LogP contribution in [0.5, 0.6) is 0 Å². The van der Waals surface area contributed by atoms with Crippen LogP contribution in [0, 0.1) is 5.92 Å². The van der Waals surface area contributed by atoms with E-state index in [9.17, 15) is 4.79 Å². The van der Waals surface area contributed by atoms with Crippen LogP contribution in [-0.2, 0) is 4.79 Å². The first-order valence-electron chi connectivity index (χ1n) is 6.34. The predicted molar refractivity (Wildman–Crippen MR) is 68.6 cm³/mol. The molecule has 3 nitrogen and oxygen atoms in total. The molecule has 0 radical (unpaired) electrons. The Kier molecular flexibility index (Phi) is 4.15. The average molecular weight is 232 g/mol. The lowest BCUT2D eigenvalue weighted by Crippen LogP contribution is -2.34. The van der Waals surface area contributed by atoms with Crippen molar-refractivity contribution in [3.05, 3.63) is 35.9 Å². The van der Waals surface area contributed by atoms with E-state index in [1.807, 2.05) is 30.3 Å². The normalized spacial score (nSPS) is 16.5. The first kappa shape index (κ1) is 12.1. The van der Waals surface area contributed by atoms with Crippen molar-refractivity contribution in [3.8, 4) is 0 Å². The van der Waals surface area contributed by atoms with Gasteiger partial charge >= 0.3 is 0 Å². The highest BCUT2D eigenvalue weighted by Gasteiger charge is 2.22. The second-order valence-corrected chi connectivity index (χ2v) is 4.72. The Morgan fingerprint density at radius 1 is 1.35 bits per heavy atom. The molecule has 1 atom stereocenters. The third-order valence-electron chi connectivity index (χ3n) is 3.30. The van der Waals surface area contributed by atoms with Crippen LogP contribution in [0.2, 0.25) is 0 Å². The van der Waals surface area contributed by atoms with E-state index in [0.717, 1.165) is 24.4 Å². The lowest BCUT2D eigenvalue weighted by atomic mass is 9.98. The molecule has 2 rings (SSSR count). The Bertz CT molecular complexity index is 360. The van der Waals surface area contributed by atoms with Gasteiger partial charge in [0.25, 0.3) is 0 Å². The van der Waals surface area contributed by atoms with Crippen molar-refractivity contribution < 1.29 is 4.79 Å². The molecule has 0 aromatic heterocycles. The van der Waals surface area contributed by atoms with Gasteiger partial charge in [-0.15, -0.1) is 0 Å². The highest BCUT2D eigenvalue weighted by molar-refractivity contribution is 5.83. The van der Waals surface area contributed by atoms with Gasteiger partial charge in [-0.25, -0.2) is 0 Å². The molecule has 1 aromatic rings. The Hall–Kier alpha value is -1.35. The van der Waals surface area contributed by atoms with Gasteiger partial charge in [0, 0.05) is 13.1 Å². The van der Waals surface area contributed by atoms with Crippen LogP contribution >= 0.6 is 0 Å². The van der Waals surface area contributed by atoms with Crippen molar-refractivity contribution in [2.45, 2.75) is 25.2 Å². The predicted octanol–water partition coefficient (Wildman–Crippen LogP) is 1.65. The van der Waals surface area contributed by atoms with E-state index in [0.29, 0.717) is 6.54 Å². The van der Waals surface area contributed by atoms with Crippen molar-refractivity contribution >= 4 is 5.91 Å². The zero-order chi connectivity index (χ0) is 12.1. The maximum atomic E-state index is 12.0. The third-order valence-corrected chi connectivity index (χ3v) is 3.30. The fraction of sp³-hybridized carbons (Fsp3) is 0.500. The summed E-state index contributed by atoms with van der Waals surface area (Å²) < 4.78 is 0. The minimum Gasteiger partial charge on any atom is -0.356 e. The number of rotatable bonds is 6. The van der Waals surface area contributed by atoms with Crippen molar-refractivity contribution in [2.24, 2.45) is 11.7 Å². The molecule has 0 bridgehead atoms. The molecule has 1 fully saturated rings. The minimum atomic E-state index is -0.213. The number of carbonyl (C=O) groups excluding carboxylic acids is 1. The van der Waals surface area contributed by atoms with Gasteiger partial charge in [-0.3, -0.25) is 4.79 Å². The van der Waals surface area contributed by atoms with Gasteiger partial charge in [0.15, 0.2) is 0 Å². The molecule has 1 unspecified atom stereocenters.